The summed E-state index contributed by atoms with van der Waals surface area (Å²) in [6.07, 6.45) is 0. The number of piperazine rings is 1. The third-order valence-electron chi connectivity index (χ3n) is 3.92. The summed E-state index contributed by atoms with van der Waals surface area (Å²) in [6.45, 7) is 10.6. The molecule has 0 amide bonds. The third kappa shape index (κ3) is 3.93. The Labute approximate surface area is 120 Å². The first kappa shape index (κ1) is 14.8. The lowest BCUT2D eigenvalue weighted by Gasteiger charge is -2.34. The summed E-state index contributed by atoms with van der Waals surface area (Å²) in [7, 11) is 0. The van der Waals surface area contributed by atoms with Crippen LogP contribution in [0.1, 0.15) is 16.7 Å². The maximum atomic E-state index is 8.95. The van der Waals surface area contributed by atoms with Crippen LogP contribution in [0.15, 0.2) is 12.1 Å². The van der Waals surface area contributed by atoms with E-state index in [1.807, 2.05) is 12.1 Å². The van der Waals surface area contributed by atoms with E-state index in [0.29, 0.717) is 0 Å². The van der Waals surface area contributed by atoms with Crippen molar-refractivity contribution in [1.82, 2.24) is 9.80 Å². The number of aliphatic hydroxyl groups excluding tert-OH is 1. The lowest BCUT2D eigenvalue weighted by atomic mass is 10.0. The molecular formula is C15H23ClN2O. The molecule has 0 saturated carbocycles. The molecule has 1 fully saturated rings. The van der Waals surface area contributed by atoms with E-state index in [0.717, 1.165) is 44.3 Å². The molecule has 1 heterocycles. The minimum atomic E-state index is 0.259. The Morgan fingerprint density at radius 1 is 1.05 bits per heavy atom. The van der Waals surface area contributed by atoms with E-state index in [1.54, 1.807) is 0 Å². The number of rotatable bonds is 4. The fraction of sp³-hybridized carbons (Fsp3) is 0.600. The van der Waals surface area contributed by atoms with E-state index < -0.39 is 0 Å². The van der Waals surface area contributed by atoms with Crippen molar-refractivity contribution in [2.75, 3.05) is 39.3 Å². The molecule has 0 radical (unpaired) electrons. The molecule has 1 aliphatic heterocycles. The summed E-state index contributed by atoms with van der Waals surface area (Å²) in [4.78, 5) is 4.80. The van der Waals surface area contributed by atoms with Gasteiger partial charge in [-0.1, -0.05) is 11.6 Å². The molecule has 0 atom stereocenters. The highest BCUT2D eigenvalue weighted by Gasteiger charge is 2.17. The highest BCUT2D eigenvalue weighted by molar-refractivity contribution is 6.30. The molecule has 1 aromatic rings. The molecule has 0 bridgehead atoms. The van der Waals surface area contributed by atoms with Crippen molar-refractivity contribution in [3.63, 3.8) is 0 Å². The number of aliphatic hydroxyl groups is 1. The summed E-state index contributed by atoms with van der Waals surface area (Å²) < 4.78 is 0. The van der Waals surface area contributed by atoms with Crippen LogP contribution in [-0.2, 0) is 6.54 Å². The number of β-amino-alcohol motifs (C(OH)–C–C–N with tert-alkyl or cyclic N) is 1. The molecular weight excluding hydrogens is 260 g/mol. The molecule has 2 rings (SSSR count). The van der Waals surface area contributed by atoms with Crippen molar-refractivity contribution in [1.29, 1.82) is 0 Å². The maximum Gasteiger partial charge on any atom is 0.0558 e. The molecule has 1 aromatic carbocycles. The Morgan fingerprint density at radius 2 is 1.58 bits per heavy atom. The zero-order chi connectivity index (χ0) is 13.8. The second-order valence-corrected chi connectivity index (χ2v) is 5.80. The van der Waals surface area contributed by atoms with Crippen LogP contribution in [0.25, 0.3) is 0 Å². The number of hydrogen-bond donors (Lipinski definition) is 1. The smallest absolute Gasteiger partial charge is 0.0558 e. The highest BCUT2D eigenvalue weighted by atomic mass is 35.5. The van der Waals surface area contributed by atoms with E-state index in [4.69, 9.17) is 16.7 Å². The summed E-state index contributed by atoms with van der Waals surface area (Å²) in [6, 6.07) is 4.10. The highest BCUT2D eigenvalue weighted by Crippen LogP contribution is 2.22. The summed E-state index contributed by atoms with van der Waals surface area (Å²) >= 11 is 6.07. The molecule has 3 nitrogen and oxygen atoms in total. The van der Waals surface area contributed by atoms with Gasteiger partial charge >= 0.3 is 0 Å². The summed E-state index contributed by atoms with van der Waals surface area (Å²) in [5.41, 5.74) is 3.96. The van der Waals surface area contributed by atoms with Crippen LogP contribution < -0.4 is 0 Å². The number of nitrogens with zero attached hydrogens (tertiary/aromatic N) is 2. The Bertz CT molecular complexity index is 405. The topological polar surface area (TPSA) is 26.7 Å². The van der Waals surface area contributed by atoms with Gasteiger partial charge in [0.2, 0.25) is 0 Å². The molecule has 0 aliphatic carbocycles. The molecule has 0 unspecified atom stereocenters. The standard InChI is InChI=1S/C15H23ClN2O/c1-12-9-14(16)10-13(2)15(12)11-18-5-3-17(4-6-18)7-8-19/h9-10,19H,3-8,11H2,1-2H3. The van der Waals surface area contributed by atoms with Crippen molar-refractivity contribution in [3.8, 4) is 0 Å². The summed E-state index contributed by atoms with van der Waals surface area (Å²) in [5.74, 6) is 0. The Kier molecular flexibility index (Phi) is 5.22. The number of aryl methyl sites for hydroxylation is 2. The molecule has 0 aromatic heterocycles. The molecule has 1 saturated heterocycles. The molecule has 19 heavy (non-hydrogen) atoms. The quantitative estimate of drug-likeness (QED) is 0.916. The monoisotopic (exact) mass is 282 g/mol. The van der Waals surface area contributed by atoms with Gasteiger partial charge in [0, 0.05) is 44.3 Å². The van der Waals surface area contributed by atoms with Crippen molar-refractivity contribution in [2.45, 2.75) is 20.4 Å². The van der Waals surface area contributed by atoms with Crippen LogP contribution in [0, 0.1) is 13.8 Å². The zero-order valence-electron chi connectivity index (χ0n) is 11.8. The normalized spacial score (nSPS) is 17.9. The lowest BCUT2D eigenvalue weighted by Crippen LogP contribution is -2.46. The number of hydrogen-bond acceptors (Lipinski definition) is 3. The van der Waals surface area contributed by atoms with Gasteiger partial charge in [0.15, 0.2) is 0 Å². The van der Waals surface area contributed by atoms with Gasteiger partial charge in [0.05, 0.1) is 6.61 Å². The molecule has 1 aliphatic rings. The van der Waals surface area contributed by atoms with E-state index >= 15 is 0 Å². The molecule has 0 spiro atoms. The van der Waals surface area contributed by atoms with Crippen molar-refractivity contribution in [3.05, 3.63) is 33.8 Å². The fourth-order valence-electron chi connectivity index (χ4n) is 2.73. The predicted octanol–water partition coefficient (Wildman–Crippen LogP) is 2.07. The van der Waals surface area contributed by atoms with E-state index in [-0.39, 0.29) is 6.61 Å². The van der Waals surface area contributed by atoms with Gasteiger partial charge in [-0.15, -0.1) is 0 Å². The second kappa shape index (κ2) is 6.71. The van der Waals surface area contributed by atoms with Gasteiger partial charge < -0.3 is 5.11 Å². The fourth-order valence-corrected chi connectivity index (χ4v) is 3.05. The van der Waals surface area contributed by atoms with Crippen molar-refractivity contribution >= 4 is 11.6 Å². The third-order valence-corrected chi connectivity index (χ3v) is 4.14. The van der Waals surface area contributed by atoms with Crippen LogP contribution in [0.2, 0.25) is 5.02 Å². The Balaban J connectivity index is 1.96. The minimum Gasteiger partial charge on any atom is -0.395 e. The van der Waals surface area contributed by atoms with E-state index in [9.17, 15) is 0 Å². The van der Waals surface area contributed by atoms with Crippen molar-refractivity contribution < 1.29 is 5.11 Å². The zero-order valence-corrected chi connectivity index (χ0v) is 12.6. The van der Waals surface area contributed by atoms with Gasteiger partial charge in [0.1, 0.15) is 0 Å². The van der Waals surface area contributed by atoms with Gasteiger partial charge in [-0.2, -0.15) is 0 Å². The van der Waals surface area contributed by atoms with E-state index in [2.05, 4.69) is 23.6 Å². The number of halogens is 1. The molecule has 1 N–H and O–H groups in total. The van der Waals surface area contributed by atoms with Crippen molar-refractivity contribution in [2.24, 2.45) is 0 Å². The second-order valence-electron chi connectivity index (χ2n) is 5.36. The Morgan fingerprint density at radius 3 is 2.11 bits per heavy atom. The first-order chi connectivity index (χ1) is 9.10. The first-order valence-corrected chi connectivity index (χ1v) is 7.29. The molecule has 4 heteroatoms. The van der Waals surface area contributed by atoms with Crippen LogP contribution in [0.3, 0.4) is 0 Å². The number of benzene rings is 1. The van der Waals surface area contributed by atoms with Gasteiger partial charge in [-0.25, -0.2) is 0 Å². The lowest BCUT2D eigenvalue weighted by molar-refractivity contribution is 0.108. The average Bonchev–Trinajstić information content (AvgIpc) is 2.36. The summed E-state index contributed by atoms with van der Waals surface area (Å²) in [5, 5.41) is 9.78. The molecule has 106 valence electrons. The SMILES string of the molecule is Cc1cc(Cl)cc(C)c1CN1CCN(CCO)CC1. The average molecular weight is 283 g/mol. The first-order valence-electron chi connectivity index (χ1n) is 6.91. The van der Waals surface area contributed by atoms with Gasteiger partial charge in [-0.3, -0.25) is 9.80 Å². The van der Waals surface area contributed by atoms with Gasteiger partial charge in [-0.05, 0) is 42.7 Å². The van der Waals surface area contributed by atoms with Crippen LogP contribution >= 0.6 is 11.6 Å². The minimum absolute atomic E-state index is 0.259. The van der Waals surface area contributed by atoms with Crippen LogP contribution in [0.4, 0.5) is 0 Å². The van der Waals surface area contributed by atoms with Crippen LogP contribution in [-0.4, -0.2) is 54.2 Å². The van der Waals surface area contributed by atoms with Crippen LogP contribution in [0.5, 0.6) is 0 Å². The maximum absolute atomic E-state index is 8.95. The predicted molar refractivity (Wildman–Crippen MR) is 79.7 cm³/mol. The van der Waals surface area contributed by atoms with Gasteiger partial charge in [0.25, 0.3) is 0 Å². The largest absolute Gasteiger partial charge is 0.395 e. The van der Waals surface area contributed by atoms with E-state index in [1.165, 1.54) is 16.7 Å². The Hall–Kier alpha value is -0.610.